The molecule has 1 heterocycles. The van der Waals surface area contributed by atoms with E-state index in [1.807, 2.05) is 12.1 Å². The van der Waals surface area contributed by atoms with E-state index in [9.17, 15) is 13.6 Å². The van der Waals surface area contributed by atoms with E-state index >= 15 is 0 Å². The Morgan fingerprint density at radius 1 is 1.14 bits per heavy atom. The first-order chi connectivity index (χ1) is 14.0. The predicted octanol–water partition coefficient (Wildman–Crippen LogP) is 3.15. The van der Waals surface area contributed by atoms with E-state index in [1.165, 1.54) is 27.2 Å². The fourth-order valence-electron chi connectivity index (χ4n) is 3.19. The smallest absolute Gasteiger partial charge is 0.266 e. The van der Waals surface area contributed by atoms with Crippen LogP contribution in [0.2, 0.25) is 0 Å². The van der Waals surface area contributed by atoms with Crippen LogP contribution in [0.4, 0.5) is 13.9 Å². The van der Waals surface area contributed by atoms with Crippen LogP contribution in [0.5, 0.6) is 5.75 Å². The minimum Gasteiger partial charge on any atom is -0.494 e. The van der Waals surface area contributed by atoms with Crippen LogP contribution >= 0.6 is 11.3 Å². The van der Waals surface area contributed by atoms with E-state index in [4.69, 9.17) is 4.74 Å². The van der Waals surface area contributed by atoms with Crippen molar-refractivity contribution in [3.8, 4) is 5.75 Å². The van der Waals surface area contributed by atoms with E-state index in [-0.39, 0.29) is 0 Å². The fourth-order valence-corrected chi connectivity index (χ4v) is 4.19. The molecule has 5 nitrogen and oxygen atoms in total. The molecule has 1 aromatic heterocycles. The molecule has 0 aliphatic carbocycles. The molecular formula is C21H24F2N3O2S+. The average Bonchev–Trinajstić information content (AvgIpc) is 3.15. The van der Waals surface area contributed by atoms with Gasteiger partial charge in [0.05, 0.1) is 38.0 Å². The molecule has 0 spiro atoms. The number of carbonyl (C=O) groups excluding carboxylic acids is 1. The molecule has 1 N–H and O–H groups in total. The van der Waals surface area contributed by atoms with Gasteiger partial charge in [-0.1, -0.05) is 23.5 Å². The predicted molar refractivity (Wildman–Crippen MR) is 111 cm³/mol. The average molecular weight is 421 g/mol. The zero-order valence-electron chi connectivity index (χ0n) is 16.7. The van der Waals surface area contributed by atoms with Crippen molar-refractivity contribution in [2.75, 3.05) is 38.2 Å². The molecule has 8 heteroatoms. The van der Waals surface area contributed by atoms with E-state index in [1.54, 1.807) is 13.2 Å². The van der Waals surface area contributed by atoms with Gasteiger partial charge in [-0.2, -0.15) is 0 Å². The highest BCUT2D eigenvalue weighted by Gasteiger charge is 2.28. The zero-order chi connectivity index (χ0) is 21.0. The number of anilines is 1. The van der Waals surface area contributed by atoms with Gasteiger partial charge in [0.25, 0.3) is 5.91 Å². The van der Waals surface area contributed by atoms with Crippen molar-refractivity contribution in [3.63, 3.8) is 0 Å². The number of likely N-dealkylation sites (N-methyl/N-ethyl adjacent to an activating group) is 1. The molecule has 0 aliphatic rings. The van der Waals surface area contributed by atoms with Crippen molar-refractivity contribution in [2.45, 2.75) is 13.8 Å². The number of amides is 1. The van der Waals surface area contributed by atoms with Crippen molar-refractivity contribution in [1.29, 1.82) is 0 Å². The Morgan fingerprint density at radius 2 is 1.79 bits per heavy atom. The molecule has 0 aliphatic heterocycles. The molecule has 0 fully saturated rings. The van der Waals surface area contributed by atoms with Crippen molar-refractivity contribution in [2.24, 2.45) is 0 Å². The molecule has 0 atom stereocenters. The topological polar surface area (TPSA) is 46.9 Å². The highest BCUT2D eigenvalue weighted by molar-refractivity contribution is 7.22. The number of hydrogen-bond donors (Lipinski definition) is 1. The number of aromatic nitrogens is 1. The summed E-state index contributed by atoms with van der Waals surface area (Å²) in [5.41, 5.74) is 0.0604. The van der Waals surface area contributed by atoms with E-state index < -0.39 is 23.1 Å². The van der Waals surface area contributed by atoms with Crippen LogP contribution in [0, 0.1) is 11.6 Å². The second kappa shape index (κ2) is 9.28. The Morgan fingerprint density at radius 3 is 2.41 bits per heavy atom. The fraction of sp³-hybridized carbons (Fsp3) is 0.333. The molecule has 0 saturated carbocycles. The summed E-state index contributed by atoms with van der Waals surface area (Å²) in [7, 11) is 1.55. The lowest BCUT2D eigenvalue weighted by Crippen LogP contribution is -3.12. The first kappa shape index (κ1) is 21.1. The molecule has 0 unspecified atom stereocenters. The quantitative estimate of drug-likeness (QED) is 0.609. The Balaban J connectivity index is 2.04. The van der Waals surface area contributed by atoms with Crippen LogP contribution in [0.25, 0.3) is 10.2 Å². The maximum absolute atomic E-state index is 14.3. The molecular weight excluding hydrogens is 396 g/mol. The SMILES string of the molecule is CC[NH+](CC)CCN(C(=O)c1c(F)cccc1F)c1nc2c(OC)cccc2s1. The van der Waals surface area contributed by atoms with Crippen LogP contribution < -0.4 is 14.5 Å². The third kappa shape index (κ3) is 4.38. The number of carbonyl (C=O) groups is 1. The number of nitrogens with zero attached hydrogens (tertiary/aromatic N) is 2. The van der Waals surface area contributed by atoms with Gasteiger partial charge in [0, 0.05) is 0 Å². The summed E-state index contributed by atoms with van der Waals surface area (Å²) in [6.45, 7) is 6.84. The number of quaternary nitrogens is 1. The van der Waals surface area contributed by atoms with Crippen LogP contribution in [0.1, 0.15) is 24.2 Å². The number of fused-ring (bicyclic) bond motifs is 1. The molecule has 154 valence electrons. The number of halogens is 2. The van der Waals surface area contributed by atoms with Crippen molar-refractivity contribution >= 4 is 32.6 Å². The van der Waals surface area contributed by atoms with Gasteiger partial charge in [-0.3, -0.25) is 9.69 Å². The number of nitrogens with one attached hydrogen (secondary N) is 1. The van der Waals surface area contributed by atoms with Crippen LogP contribution in [0.3, 0.4) is 0 Å². The molecule has 0 radical (unpaired) electrons. The second-order valence-corrected chi connectivity index (χ2v) is 7.57. The number of para-hydroxylation sites is 1. The molecule has 1 amide bonds. The van der Waals surface area contributed by atoms with E-state index in [0.717, 1.165) is 29.9 Å². The summed E-state index contributed by atoms with van der Waals surface area (Å²) in [4.78, 5) is 20.4. The van der Waals surface area contributed by atoms with Crippen molar-refractivity contribution < 1.29 is 23.2 Å². The molecule has 29 heavy (non-hydrogen) atoms. The van der Waals surface area contributed by atoms with Crippen molar-refractivity contribution in [1.82, 2.24) is 4.98 Å². The van der Waals surface area contributed by atoms with E-state index in [0.29, 0.717) is 29.5 Å². The van der Waals surface area contributed by atoms with Gasteiger partial charge in [-0.15, -0.1) is 0 Å². The van der Waals surface area contributed by atoms with Gasteiger partial charge in [-0.25, -0.2) is 13.8 Å². The second-order valence-electron chi connectivity index (χ2n) is 6.56. The van der Waals surface area contributed by atoms with Crippen LogP contribution in [0.15, 0.2) is 36.4 Å². The number of methoxy groups -OCH3 is 1. The first-order valence-corrected chi connectivity index (χ1v) is 10.3. The highest BCUT2D eigenvalue weighted by atomic mass is 32.1. The summed E-state index contributed by atoms with van der Waals surface area (Å²) in [5.74, 6) is -1.91. The molecule has 0 bridgehead atoms. The zero-order valence-corrected chi connectivity index (χ0v) is 17.5. The van der Waals surface area contributed by atoms with Gasteiger partial charge in [0.2, 0.25) is 0 Å². The molecule has 2 aromatic carbocycles. The number of hydrogen-bond acceptors (Lipinski definition) is 4. The third-order valence-corrected chi connectivity index (χ3v) is 5.98. The lowest BCUT2D eigenvalue weighted by atomic mass is 10.1. The largest absolute Gasteiger partial charge is 0.494 e. The lowest BCUT2D eigenvalue weighted by Gasteiger charge is -2.23. The summed E-state index contributed by atoms with van der Waals surface area (Å²) in [6, 6.07) is 8.92. The van der Waals surface area contributed by atoms with Crippen molar-refractivity contribution in [3.05, 3.63) is 53.6 Å². The van der Waals surface area contributed by atoms with Gasteiger partial charge in [-0.05, 0) is 38.1 Å². The standard InChI is InChI=1S/C21H23F2N3O2S/c1-4-25(5-2)12-13-26(20(27)18-14(22)8-6-9-15(18)23)21-24-19-16(28-3)10-7-11-17(19)29-21/h6-11H,4-5,12-13H2,1-3H3/p+1. The Bertz CT molecular complexity index is 985. The number of rotatable bonds is 8. The van der Waals surface area contributed by atoms with Gasteiger partial charge in [0.1, 0.15) is 28.5 Å². The number of ether oxygens (including phenoxy) is 1. The monoisotopic (exact) mass is 420 g/mol. The summed E-state index contributed by atoms with van der Waals surface area (Å²) < 4.78 is 34.8. The molecule has 0 saturated heterocycles. The van der Waals surface area contributed by atoms with Gasteiger partial charge < -0.3 is 9.64 Å². The highest BCUT2D eigenvalue weighted by Crippen LogP contribution is 2.34. The Labute approximate surface area is 172 Å². The minimum atomic E-state index is -0.881. The first-order valence-electron chi connectivity index (χ1n) is 9.53. The number of benzene rings is 2. The van der Waals surface area contributed by atoms with Gasteiger partial charge in [0.15, 0.2) is 5.13 Å². The summed E-state index contributed by atoms with van der Waals surface area (Å²) >= 11 is 1.30. The maximum Gasteiger partial charge on any atom is 0.266 e. The van der Waals surface area contributed by atoms with Crippen LogP contribution in [-0.4, -0.2) is 44.2 Å². The Kier molecular flexibility index (Phi) is 6.76. The number of thiazole rings is 1. The Hall–Kier alpha value is -2.58. The summed E-state index contributed by atoms with van der Waals surface area (Å²) in [6.07, 6.45) is 0. The lowest BCUT2D eigenvalue weighted by molar-refractivity contribution is -0.894. The normalized spacial score (nSPS) is 11.2. The maximum atomic E-state index is 14.3. The van der Waals surface area contributed by atoms with Gasteiger partial charge >= 0.3 is 0 Å². The third-order valence-electron chi connectivity index (χ3n) is 4.93. The van der Waals surface area contributed by atoms with E-state index in [2.05, 4.69) is 18.8 Å². The summed E-state index contributed by atoms with van der Waals surface area (Å²) in [5, 5.41) is 0.392. The molecule has 3 rings (SSSR count). The molecule has 3 aromatic rings. The van der Waals surface area contributed by atoms with Crippen LogP contribution in [-0.2, 0) is 0 Å². The minimum absolute atomic E-state index is 0.297.